The maximum Gasteiger partial charge on any atom is 0.167 e. The predicted octanol–water partition coefficient (Wildman–Crippen LogP) is 27.5. The van der Waals surface area contributed by atoms with Gasteiger partial charge in [0.15, 0.2) is 63.5 Å². The average Bonchev–Trinajstić information content (AvgIpc) is 1.56. The first-order valence-corrected chi connectivity index (χ1v) is 32.7. The number of aromatic amines is 2. The van der Waals surface area contributed by atoms with Crippen molar-refractivity contribution in [2.45, 2.75) is 0 Å². The van der Waals surface area contributed by atoms with Gasteiger partial charge in [-0.2, -0.15) is 0 Å². The first-order chi connectivity index (χ1) is 44.1. The lowest BCUT2D eigenvalue weighted by Crippen LogP contribution is -1.94. The number of nitrogens with one attached hydrogen (secondary N) is 2. The Hall–Kier alpha value is -5.24. The number of benzene rings is 9. The van der Waals surface area contributed by atoms with Crippen LogP contribution in [-0.4, -0.2) is 39.9 Å². The molecular formula is C62H20Cl18N8O4. The quantitative estimate of drug-likeness (QED) is 0.134. The Morgan fingerprint density at radius 1 is 0.239 bits per heavy atom. The largest absolute Gasteiger partial charge is 0.453 e. The van der Waals surface area contributed by atoms with Gasteiger partial charge >= 0.3 is 0 Å². The molecule has 12 aromatic rings. The molecule has 2 aliphatic rings. The number of halogens is 18. The number of fused-ring (bicyclic) bond motifs is 20. The Bertz CT molecular complexity index is 5380. The molecule has 0 atom stereocenters. The van der Waals surface area contributed by atoms with Crippen LogP contribution in [0.5, 0.6) is 46.0 Å². The highest BCUT2D eigenvalue weighted by molar-refractivity contribution is 6.54. The van der Waals surface area contributed by atoms with Crippen LogP contribution >= 0.6 is 209 Å². The van der Waals surface area contributed by atoms with E-state index in [-0.39, 0.29) is 220 Å². The third-order valence-corrected chi connectivity index (χ3v) is 20.9. The Kier molecular flexibility index (Phi) is 17.5. The number of ether oxygens (including phenoxy) is 4. The molecule has 2 aliphatic heterocycles. The fraction of sp³-hybridized carbons (Fsp3) is 0. The third-order valence-electron chi connectivity index (χ3n) is 14.3. The SMILES string of the molecule is Clc1cccc(Cl)c1Oc1c(Cl)c(Cl)c2c(c1Cl)-c1nc-2nc2[nH]c(nc3nc(nc4[nH]c(n1)c1c(Cl)c(Cl)c(Oc5c(Cl)cccc5Cl)c(Cl)c41)-c1c(Cl)c(Cl)c(Oc4ccccc4-c4ccccc4)c(Cl)c1-3)c1c(Cl)c(Oc3c(Cl)cccc3Cl)c(Cl)c(Cl)c21. The molecule has 0 aliphatic carbocycles. The standard InChI is InChI=1S/C62H20Cl18N8O4/c63-21-12-6-13-22(64)48(21)90-52-41(74)33-29(37(70)45(52)78)55-81-56-30-35(43(76)54(46(79)38(30)71)92-50-25(67)16-8-17-26(50)68)62(83-56)88-59-32-28(36(69)44(77)51(40(32)73)89-27-18-5-4-11-20(27)19-9-2-1-3-10-19)57(84-59)85-61-34-31(58(87-61)86-60(33)82-55)39(72)47(80)53(42(34)75)91-49-23(65)14-7-15-24(49)66/h1-18H,(H2,81,82,83,84,85,86,87,88). The molecule has 0 saturated carbocycles. The molecule has 12 nitrogen and oxygen atoms in total. The summed E-state index contributed by atoms with van der Waals surface area (Å²) in [6.45, 7) is 0. The normalized spacial score (nSPS) is 11.8. The molecule has 0 radical (unpaired) electrons. The number of aromatic nitrogens is 8. The van der Waals surface area contributed by atoms with Gasteiger partial charge in [-0.05, 0) is 48.0 Å². The molecule has 0 spiro atoms. The van der Waals surface area contributed by atoms with Crippen LogP contribution in [0.3, 0.4) is 0 Å². The molecule has 458 valence electrons. The van der Waals surface area contributed by atoms with E-state index < -0.39 is 0 Å². The van der Waals surface area contributed by atoms with Gasteiger partial charge in [0.2, 0.25) is 0 Å². The summed E-state index contributed by atoms with van der Waals surface area (Å²) in [5, 5.41) is -1.57. The van der Waals surface area contributed by atoms with Crippen LogP contribution in [0.4, 0.5) is 0 Å². The molecule has 14 rings (SSSR count). The van der Waals surface area contributed by atoms with E-state index in [1.54, 1.807) is 66.7 Å². The first kappa shape index (κ1) is 64.1. The Balaban J connectivity index is 1.15. The molecule has 0 unspecified atom stereocenters. The van der Waals surface area contributed by atoms with Crippen molar-refractivity contribution in [2.75, 3.05) is 0 Å². The molecule has 0 amide bonds. The van der Waals surface area contributed by atoms with Crippen LogP contribution in [0.1, 0.15) is 0 Å². The van der Waals surface area contributed by atoms with Gasteiger partial charge in [0.1, 0.15) is 48.4 Å². The molecule has 3 aromatic heterocycles. The monoisotopic (exact) mass is 1570 g/mol. The van der Waals surface area contributed by atoms with E-state index in [4.69, 9.17) is 258 Å². The molecule has 30 heteroatoms. The van der Waals surface area contributed by atoms with Crippen molar-refractivity contribution in [3.05, 3.63) is 200 Å². The zero-order chi connectivity index (χ0) is 64.6. The van der Waals surface area contributed by atoms with E-state index in [0.29, 0.717) is 11.3 Å². The maximum atomic E-state index is 7.63. The van der Waals surface area contributed by atoms with Crippen molar-refractivity contribution in [1.29, 1.82) is 0 Å². The molecule has 8 bridgehead atoms. The summed E-state index contributed by atoms with van der Waals surface area (Å²) < 4.78 is 25.7. The predicted molar refractivity (Wildman–Crippen MR) is 378 cm³/mol. The van der Waals surface area contributed by atoms with Crippen molar-refractivity contribution in [3.63, 3.8) is 0 Å². The van der Waals surface area contributed by atoms with Crippen molar-refractivity contribution < 1.29 is 18.9 Å². The average molecular weight is 1580 g/mol. The van der Waals surface area contributed by atoms with Gasteiger partial charge in [0.25, 0.3) is 0 Å². The van der Waals surface area contributed by atoms with Crippen LogP contribution in [0, 0.1) is 0 Å². The fourth-order valence-electron chi connectivity index (χ4n) is 10.2. The lowest BCUT2D eigenvalue weighted by atomic mass is 10.0. The molecule has 5 heterocycles. The second kappa shape index (κ2) is 25.1. The fourth-order valence-corrected chi connectivity index (χ4v) is 15.0. The zero-order valence-electron chi connectivity index (χ0n) is 44.5. The highest BCUT2D eigenvalue weighted by Crippen LogP contribution is 2.59. The third kappa shape index (κ3) is 10.7. The molecule has 2 N–H and O–H groups in total. The zero-order valence-corrected chi connectivity index (χ0v) is 58.1. The minimum absolute atomic E-state index is 0.00573. The van der Waals surface area contributed by atoms with Crippen molar-refractivity contribution in [1.82, 2.24) is 39.9 Å². The van der Waals surface area contributed by atoms with Gasteiger partial charge < -0.3 is 28.9 Å². The van der Waals surface area contributed by atoms with Crippen molar-refractivity contribution in [3.8, 4) is 103 Å². The summed E-state index contributed by atoms with van der Waals surface area (Å²) in [6, 6.07) is 30.8. The second-order valence-electron chi connectivity index (χ2n) is 19.6. The van der Waals surface area contributed by atoms with Gasteiger partial charge in [-0.3, -0.25) is 0 Å². The Labute approximate surface area is 607 Å². The van der Waals surface area contributed by atoms with E-state index in [2.05, 4.69) is 9.97 Å². The van der Waals surface area contributed by atoms with E-state index in [1.165, 1.54) is 0 Å². The van der Waals surface area contributed by atoms with E-state index in [9.17, 15) is 0 Å². The molecule has 0 saturated heterocycles. The van der Waals surface area contributed by atoms with Crippen molar-refractivity contribution in [2.24, 2.45) is 0 Å². The summed E-state index contributed by atoms with van der Waals surface area (Å²) in [5.74, 6) is -1.20. The Morgan fingerprint density at radius 3 is 0.902 bits per heavy atom. The highest BCUT2D eigenvalue weighted by Gasteiger charge is 2.37. The minimum Gasteiger partial charge on any atom is -0.453 e. The van der Waals surface area contributed by atoms with Gasteiger partial charge in [0.05, 0.1) is 114 Å². The van der Waals surface area contributed by atoms with Crippen LogP contribution < -0.4 is 18.9 Å². The van der Waals surface area contributed by atoms with Crippen LogP contribution in [0.15, 0.2) is 109 Å². The van der Waals surface area contributed by atoms with E-state index in [0.717, 1.165) is 5.56 Å². The highest BCUT2D eigenvalue weighted by atomic mass is 35.5. The second-order valence-corrected chi connectivity index (χ2v) is 26.6. The lowest BCUT2D eigenvalue weighted by molar-refractivity contribution is 0.484. The molecule has 9 aromatic carbocycles. The number of para-hydroxylation sites is 4. The van der Waals surface area contributed by atoms with Gasteiger partial charge in [-0.15, -0.1) is 0 Å². The summed E-state index contributed by atoms with van der Waals surface area (Å²) in [6.07, 6.45) is 0. The first-order valence-electron chi connectivity index (χ1n) is 25.9. The summed E-state index contributed by atoms with van der Waals surface area (Å²) in [4.78, 5) is 36.9. The topological polar surface area (TPSA) is 146 Å². The summed E-state index contributed by atoms with van der Waals surface area (Å²) in [7, 11) is 0. The van der Waals surface area contributed by atoms with Crippen LogP contribution in [0.25, 0.3) is 101 Å². The minimum atomic E-state index is -0.232. The maximum absolute atomic E-state index is 7.63. The summed E-state index contributed by atoms with van der Waals surface area (Å²) in [5.41, 5.74) is 1.14. The number of hydrogen-bond donors (Lipinski definition) is 2. The molecule has 92 heavy (non-hydrogen) atoms. The number of H-pyrrole nitrogens is 2. The smallest absolute Gasteiger partial charge is 0.167 e. The van der Waals surface area contributed by atoms with Crippen LogP contribution in [-0.2, 0) is 0 Å². The number of hydrogen-bond acceptors (Lipinski definition) is 10. The van der Waals surface area contributed by atoms with Gasteiger partial charge in [0, 0.05) is 5.56 Å². The van der Waals surface area contributed by atoms with Crippen molar-refractivity contribution >= 4 is 253 Å². The summed E-state index contributed by atoms with van der Waals surface area (Å²) >= 11 is 128. The van der Waals surface area contributed by atoms with Gasteiger partial charge in [-0.25, -0.2) is 29.9 Å². The number of nitrogens with zero attached hydrogens (tertiary/aromatic N) is 6. The lowest BCUT2D eigenvalue weighted by Gasteiger charge is -2.17. The van der Waals surface area contributed by atoms with Gasteiger partial charge in [-0.1, -0.05) is 276 Å². The van der Waals surface area contributed by atoms with E-state index in [1.807, 2.05) is 42.5 Å². The molecule has 0 fully saturated rings. The Morgan fingerprint density at radius 2 is 0.533 bits per heavy atom. The molecular weight excluding hydrogens is 1560 g/mol. The van der Waals surface area contributed by atoms with Crippen LogP contribution in [0.2, 0.25) is 90.4 Å². The van der Waals surface area contributed by atoms with E-state index >= 15 is 0 Å². The number of rotatable bonds is 9.